The van der Waals surface area contributed by atoms with Gasteiger partial charge >= 0.3 is 0 Å². The maximum absolute atomic E-state index is 11.7. The minimum atomic E-state index is -1.82. The Bertz CT molecular complexity index is 361. The van der Waals surface area contributed by atoms with Crippen LogP contribution in [0.5, 0.6) is 0 Å². The number of hydrogen-bond donors (Lipinski definition) is 0. The zero-order chi connectivity index (χ0) is 13.1. The molecule has 0 atom stereocenters. The van der Waals surface area contributed by atoms with Crippen LogP contribution in [-0.4, -0.2) is 20.7 Å². The van der Waals surface area contributed by atoms with E-state index >= 15 is 0 Å². The predicted octanol–water partition coefficient (Wildman–Crippen LogP) is 3.41. The second-order valence-electron chi connectivity index (χ2n) is 5.84. The van der Waals surface area contributed by atoms with Gasteiger partial charge in [-0.2, -0.15) is 0 Å². The van der Waals surface area contributed by atoms with Crippen molar-refractivity contribution < 1.29 is 13.6 Å². The van der Waals surface area contributed by atoms with E-state index in [0.717, 1.165) is 0 Å². The van der Waals surface area contributed by atoms with Gasteiger partial charge in [-0.1, -0.05) is 20.8 Å². The van der Waals surface area contributed by atoms with E-state index in [9.17, 15) is 4.79 Å². The number of Topliss-reactive ketones (excluding diaryl/α,β-unsaturated/α-hetero) is 1. The van der Waals surface area contributed by atoms with Crippen LogP contribution in [0.2, 0.25) is 18.1 Å². The van der Waals surface area contributed by atoms with E-state index < -0.39 is 8.32 Å². The highest BCUT2D eigenvalue weighted by Gasteiger charge is 2.37. The lowest BCUT2D eigenvalue weighted by atomic mass is 10.2. The molecule has 3 nitrogen and oxygen atoms in total. The van der Waals surface area contributed by atoms with Crippen molar-refractivity contribution in [2.75, 3.05) is 6.61 Å². The summed E-state index contributed by atoms with van der Waals surface area (Å²) >= 11 is 0. The number of rotatable bonds is 5. The molecule has 0 saturated carbocycles. The van der Waals surface area contributed by atoms with Gasteiger partial charge in [0.15, 0.2) is 14.1 Å². The Labute approximate surface area is 104 Å². The lowest BCUT2D eigenvalue weighted by Gasteiger charge is -2.35. The van der Waals surface area contributed by atoms with Crippen molar-refractivity contribution in [3.8, 4) is 0 Å². The second-order valence-corrected chi connectivity index (χ2v) is 10.7. The largest absolute Gasteiger partial charge is 0.469 e. The van der Waals surface area contributed by atoms with Crippen molar-refractivity contribution in [1.29, 1.82) is 0 Å². The number of ketones is 1. The zero-order valence-electron chi connectivity index (χ0n) is 11.4. The first-order valence-corrected chi connectivity index (χ1v) is 8.81. The normalized spacial score (nSPS) is 12.8. The Morgan fingerprint density at radius 2 is 2.06 bits per heavy atom. The molecule has 0 amide bonds. The topological polar surface area (TPSA) is 39.4 Å². The van der Waals surface area contributed by atoms with Crippen LogP contribution in [-0.2, 0) is 15.6 Å². The van der Waals surface area contributed by atoms with Crippen molar-refractivity contribution in [3.05, 3.63) is 24.2 Å². The molecule has 1 heterocycles. The molecule has 0 fully saturated rings. The lowest BCUT2D eigenvalue weighted by Crippen LogP contribution is -2.42. The van der Waals surface area contributed by atoms with Gasteiger partial charge in [0.2, 0.25) is 0 Å². The van der Waals surface area contributed by atoms with Crippen LogP contribution in [0.3, 0.4) is 0 Å². The minimum Gasteiger partial charge on any atom is -0.469 e. The summed E-state index contributed by atoms with van der Waals surface area (Å²) < 4.78 is 11.0. The van der Waals surface area contributed by atoms with Gasteiger partial charge in [-0.25, -0.2) is 0 Å². The Morgan fingerprint density at radius 3 is 2.53 bits per heavy atom. The monoisotopic (exact) mass is 254 g/mol. The molecule has 0 spiro atoms. The summed E-state index contributed by atoms with van der Waals surface area (Å²) in [5.74, 6) is 0.776. The molecule has 17 heavy (non-hydrogen) atoms. The molecule has 0 aliphatic rings. The summed E-state index contributed by atoms with van der Waals surface area (Å²) in [5.41, 5.74) is 0. The van der Waals surface area contributed by atoms with E-state index in [0.29, 0.717) is 12.2 Å². The molecule has 0 unspecified atom stereocenters. The SMILES string of the molecule is CC(C)(C)[Si](C)(C)OCC(=O)Cc1ccco1. The first-order valence-electron chi connectivity index (χ1n) is 5.90. The van der Waals surface area contributed by atoms with Crippen LogP contribution < -0.4 is 0 Å². The molecule has 0 radical (unpaired) electrons. The molecule has 0 aromatic carbocycles. The van der Waals surface area contributed by atoms with Gasteiger partial charge in [0.05, 0.1) is 19.3 Å². The third-order valence-corrected chi connectivity index (χ3v) is 7.83. The molecular formula is C13H22O3Si. The highest BCUT2D eigenvalue weighted by molar-refractivity contribution is 6.74. The summed E-state index contributed by atoms with van der Waals surface area (Å²) in [5, 5.41) is 0.137. The Balaban J connectivity index is 2.43. The van der Waals surface area contributed by atoms with Crippen LogP contribution >= 0.6 is 0 Å². The van der Waals surface area contributed by atoms with Crippen LogP contribution in [0.4, 0.5) is 0 Å². The smallest absolute Gasteiger partial charge is 0.192 e. The molecule has 0 bridgehead atoms. The number of carbonyl (C=O) groups excluding carboxylic acids is 1. The molecular weight excluding hydrogens is 232 g/mol. The third kappa shape index (κ3) is 4.13. The fraction of sp³-hybridized carbons (Fsp3) is 0.615. The quantitative estimate of drug-likeness (QED) is 0.756. The maximum atomic E-state index is 11.7. The molecule has 0 N–H and O–H groups in total. The highest BCUT2D eigenvalue weighted by atomic mass is 28.4. The maximum Gasteiger partial charge on any atom is 0.192 e. The predicted molar refractivity (Wildman–Crippen MR) is 70.6 cm³/mol. The average Bonchev–Trinajstić information content (AvgIpc) is 2.66. The van der Waals surface area contributed by atoms with Gasteiger partial charge in [0, 0.05) is 0 Å². The fourth-order valence-electron chi connectivity index (χ4n) is 1.14. The summed E-state index contributed by atoms with van der Waals surface area (Å²) in [6.45, 7) is 11.0. The molecule has 1 rings (SSSR count). The van der Waals surface area contributed by atoms with Crippen LogP contribution in [0, 0.1) is 0 Å². The van der Waals surface area contributed by atoms with Gasteiger partial charge in [-0.05, 0) is 30.3 Å². The van der Waals surface area contributed by atoms with Gasteiger partial charge in [-0.3, -0.25) is 4.79 Å². The van der Waals surface area contributed by atoms with E-state index in [2.05, 4.69) is 33.9 Å². The minimum absolute atomic E-state index is 0.0739. The van der Waals surface area contributed by atoms with Crippen LogP contribution in [0.25, 0.3) is 0 Å². The summed E-state index contributed by atoms with van der Waals surface area (Å²) in [7, 11) is -1.82. The third-order valence-electron chi connectivity index (χ3n) is 3.35. The van der Waals surface area contributed by atoms with E-state index in [1.54, 1.807) is 12.3 Å². The first kappa shape index (κ1) is 14.2. The van der Waals surface area contributed by atoms with Gasteiger partial charge in [0.25, 0.3) is 0 Å². The number of hydrogen-bond acceptors (Lipinski definition) is 3. The van der Waals surface area contributed by atoms with E-state index in [-0.39, 0.29) is 17.4 Å². The van der Waals surface area contributed by atoms with E-state index in [1.807, 2.05) is 6.07 Å². The summed E-state index contributed by atoms with van der Waals surface area (Å²) in [4.78, 5) is 11.7. The Morgan fingerprint density at radius 1 is 1.41 bits per heavy atom. The van der Waals surface area contributed by atoms with Crippen LogP contribution in [0.1, 0.15) is 26.5 Å². The van der Waals surface area contributed by atoms with Crippen LogP contribution in [0.15, 0.2) is 22.8 Å². The van der Waals surface area contributed by atoms with Crippen molar-refractivity contribution >= 4 is 14.1 Å². The summed E-state index contributed by atoms with van der Waals surface area (Å²) in [6.07, 6.45) is 1.90. The average molecular weight is 254 g/mol. The standard InChI is InChI=1S/C13H22O3Si/c1-13(2,3)17(4,5)16-10-11(14)9-12-7-6-8-15-12/h6-8H,9-10H2,1-5H3. The molecule has 4 heteroatoms. The van der Waals surface area contributed by atoms with Gasteiger partial charge in [0.1, 0.15) is 5.76 Å². The number of furan rings is 1. The van der Waals surface area contributed by atoms with Crippen molar-refractivity contribution in [2.45, 2.75) is 45.3 Å². The molecule has 1 aromatic heterocycles. The van der Waals surface area contributed by atoms with Crippen molar-refractivity contribution in [3.63, 3.8) is 0 Å². The molecule has 1 aromatic rings. The molecule has 0 aliphatic carbocycles. The van der Waals surface area contributed by atoms with Gasteiger partial charge < -0.3 is 8.84 Å². The van der Waals surface area contributed by atoms with Gasteiger partial charge in [-0.15, -0.1) is 0 Å². The van der Waals surface area contributed by atoms with E-state index in [1.165, 1.54) is 0 Å². The summed E-state index contributed by atoms with van der Waals surface area (Å²) in [6, 6.07) is 3.60. The molecule has 0 saturated heterocycles. The second kappa shape index (κ2) is 5.19. The Kier molecular flexibility index (Phi) is 4.33. The molecule has 0 aliphatic heterocycles. The van der Waals surface area contributed by atoms with Crippen molar-refractivity contribution in [2.24, 2.45) is 0 Å². The molecule has 96 valence electrons. The highest BCUT2D eigenvalue weighted by Crippen LogP contribution is 2.36. The number of carbonyl (C=O) groups is 1. The fourth-order valence-corrected chi connectivity index (χ4v) is 2.09. The van der Waals surface area contributed by atoms with Crippen molar-refractivity contribution in [1.82, 2.24) is 0 Å². The Hall–Kier alpha value is -0.873. The first-order chi connectivity index (χ1) is 7.72. The zero-order valence-corrected chi connectivity index (χ0v) is 12.4. The lowest BCUT2D eigenvalue weighted by molar-refractivity contribution is -0.120. The van der Waals surface area contributed by atoms with E-state index in [4.69, 9.17) is 8.84 Å².